The Morgan fingerprint density at radius 2 is 2.10 bits per heavy atom. The number of amides is 2. The number of hydrogen-bond donors (Lipinski definition) is 1. The monoisotopic (exact) mass is 417 g/mol. The summed E-state index contributed by atoms with van der Waals surface area (Å²) in [6.45, 7) is 3.51. The minimum Gasteiger partial charge on any atom is -0.324 e. The van der Waals surface area contributed by atoms with Gasteiger partial charge in [0.05, 0.1) is 0 Å². The van der Waals surface area contributed by atoms with E-state index in [9.17, 15) is 4.79 Å². The fraction of sp³-hybridized carbons (Fsp3) is 0.261. The van der Waals surface area contributed by atoms with Gasteiger partial charge in [0.2, 0.25) is 0 Å². The van der Waals surface area contributed by atoms with Gasteiger partial charge < -0.3 is 10.2 Å². The maximum atomic E-state index is 13.0. The number of thiophene rings is 1. The van der Waals surface area contributed by atoms with Gasteiger partial charge in [0, 0.05) is 35.8 Å². The van der Waals surface area contributed by atoms with Crippen LogP contribution in [0, 0.1) is 6.92 Å². The van der Waals surface area contributed by atoms with Crippen molar-refractivity contribution in [3.05, 3.63) is 71.5 Å². The number of aryl methyl sites for hydroxylation is 1. The van der Waals surface area contributed by atoms with Crippen molar-refractivity contribution >= 4 is 28.7 Å². The lowest BCUT2D eigenvalue weighted by Crippen LogP contribution is -2.42. The van der Waals surface area contributed by atoms with Gasteiger partial charge in [0.15, 0.2) is 5.65 Å². The first-order valence-corrected chi connectivity index (χ1v) is 11.1. The van der Waals surface area contributed by atoms with E-state index in [0.29, 0.717) is 6.54 Å². The summed E-state index contributed by atoms with van der Waals surface area (Å²) in [4.78, 5) is 16.1. The molecule has 1 saturated heterocycles. The van der Waals surface area contributed by atoms with E-state index in [1.165, 1.54) is 10.4 Å². The topological polar surface area (TPSA) is 62.5 Å². The largest absolute Gasteiger partial charge is 0.324 e. The Morgan fingerprint density at radius 3 is 2.97 bits per heavy atom. The molecule has 0 radical (unpaired) electrons. The summed E-state index contributed by atoms with van der Waals surface area (Å²) in [6.07, 6.45) is 3.95. The fourth-order valence-corrected chi connectivity index (χ4v) is 5.05. The van der Waals surface area contributed by atoms with Gasteiger partial charge in [-0.05, 0) is 66.6 Å². The van der Waals surface area contributed by atoms with Crippen LogP contribution in [0.25, 0.3) is 16.1 Å². The normalized spacial score (nSPS) is 16.7. The van der Waals surface area contributed by atoms with Gasteiger partial charge in [-0.1, -0.05) is 18.2 Å². The fourth-order valence-electron chi connectivity index (χ4n) is 4.12. The number of carbonyl (C=O) groups is 1. The molecule has 2 amide bonds. The maximum Gasteiger partial charge on any atom is 0.321 e. The number of urea groups is 1. The van der Waals surface area contributed by atoms with Crippen LogP contribution < -0.4 is 5.32 Å². The summed E-state index contributed by atoms with van der Waals surface area (Å²) < 4.78 is 2.03. The number of carbonyl (C=O) groups excluding carboxylic acids is 1. The number of rotatable bonds is 3. The minimum atomic E-state index is -0.0615. The summed E-state index contributed by atoms with van der Waals surface area (Å²) in [5, 5.41) is 13.8. The molecule has 152 valence electrons. The standard InChI is InChI=1S/C23H23N5OS/c1-16-10-13-30-21(16)17-6-4-8-19(14-17)24-23(29)27-11-5-7-18(15-27)22-26-25-20-9-2-3-12-28(20)22/h2-4,6,8-10,12-14,18H,5,7,11,15H2,1H3,(H,24,29). The summed E-state index contributed by atoms with van der Waals surface area (Å²) >= 11 is 1.72. The second kappa shape index (κ2) is 7.91. The number of pyridine rings is 1. The molecule has 1 aromatic carbocycles. The van der Waals surface area contributed by atoms with E-state index in [2.05, 4.69) is 40.0 Å². The molecule has 1 unspecified atom stereocenters. The molecular formula is C23H23N5OS. The quantitative estimate of drug-likeness (QED) is 0.500. The van der Waals surface area contributed by atoms with E-state index >= 15 is 0 Å². The molecule has 1 fully saturated rings. The van der Waals surface area contributed by atoms with Crippen LogP contribution in [0.1, 0.15) is 30.1 Å². The molecule has 0 spiro atoms. The van der Waals surface area contributed by atoms with Gasteiger partial charge in [-0.15, -0.1) is 21.5 Å². The van der Waals surface area contributed by atoms with E-state index in [4.69, 9.17) is 0 Å². The number of piperidine rings is 1. The Hall–Kier alpha value is -3.19. The van der Waals surface area contributed by atoms with Gasteiger partial charge in [-0.3, -0.25) is 4.40 Å². The van der Waals surface area contributed by atoms with Crippen molar-refractivity contribution in [2.24, 2.45) is 0 Å². The molecule has 6 nitrogen and oxygen atoms in total. The van der Waals surface area contributed by atoms with E-state index in [-0.39, 0.29) is 11.9 Å². The van der Waals surface area contributed by atoms with Crippen LogP contribution in [0.3, 0.4) is 0 Å². The molecule has 4 aromatic rings. The van der Waals surface area contributed by atoms with Crippen LogP contribution in [-0.4, -0.2) is 38.6 Å². The van der Waals surface area contributed by atoms with Crippen molar-refractivity contribution in [3.63, 3.8) is 0 Å². The molecule has 1 N–H and O–H groups in total. The first-order valence-electron chi connectivity index (χ1n) is 10.2. The number of likely N-dealkylation sites (tertiary alicyclic amines) is 1. The average Bonchev–Trinajstić information content (AvgIpc) is 3.40. The summed E-state index contributed by atoms with van der Waals surface area (Å²) in [7, 11) is 0. The van der Waals surface area contributed by atoms with E-state index in [1.54, 1.807) is 11.3 Å². The Balaban J connectivity index is 1.31. The second-order valence-corrected chi connectivity index (χ2v) is 8.63. The molecule has 1 atom stereocenters. The molecular weight excluding hydrogens is 394 g/mol. The zero-order valence-electron chi connectivity index (χ0n) is 16.8. The first kappa shape index (κ1) is 18.8. The highest BCUT2D eigenvalue weighted by Gasteiger charge is 2.28. The number of aromatic nitrogens is 3. The first-order chi connectivity index (χ1) is 14.7. The van der Waals surface area contributed by atoms with Gasteiger partial charge in [-0.25, -0.2) is 4.79 Å². The maximum absolute atomic E-state index is 13.0. The van der Waals surface area contributed by atoms with Crippen molar-refractivity contribution in [2.45, 2.75) is 25.7 Å². The minimum absolute atomic E-state index is 0.0615. The summed E-state index contributed by atoms with van der Waals surface area (Å²) in [6, 6.07) is 16.0. The molecule has 0 saturated carbocycles. The SMILES string of the molecule is Cc1ccsc1-c1cccc(NC(=O)N2CCCC(c3nnc4ccccn34)C2)c1. The lowest BCUT2D eigenvalue weighted by molar-refractivity contribution is 0.191. The molecule has 1 aliphatic heterocycles. The number of nitrogens with zero attached hydrogens (tertiary/aromatic N) is 4. The molecule has 5 rings (SSSR count). The van der Waals surface area contributed by atoms with Crippen molar-refractivity contribution in [1.82, 2.24) is 19.5 Å². The number of fused-ring (bicyclic) bond motifs is 1. The van der Waals surface area contributed by atoms with Crippen molar-refractivity contribution in [1.29, 1.82) is 0 Å². The van der Waals surface area contributed by atoms with Crippen LogP contribution in [0.15, 0.2) is 60.1 Å². The highest BCUT2D eigenvalue weighted by molar-refractivity contribution is 7.13. The van der Waals surface area contributed by atoms with Gasteiger partial charge in [0.1, 0.15) is 5.82 Å². The molecule has 4 heterocycles. The van der Waals surface area contributed by atoms with Crippen molar-refractivity contribution in [2.75, 3.05) is 18.4 Å². The zero-order chi connectivity index (χ0) is 20.5. The smallest absolute Gasteiger partial charge is 0.321 e. The molecule has 30 heavy (non-hydrogen) atoms. The van der Waals surface area contributed by atoms with E-state index < -0.39 is 0 Å². The van der Waals surface area contributed by atoms with Crippen LogP contribution >= 0.6 is 11.3 Å². The zero-order valence-corrected chi connectivity index (χ0v) is 17.6. The molecule has 7 heteroatoms. The van der Waals surface area contributed by atoms with Crippen molar-refractivity contribution in [3.8, 4) is 10.4 Å². The van der Waals surface area contributed by atoms with Gasteiger partial charge in [0.25, 0.3) is 0 Å². The molecule has 3 aromatic heterocycles. The highest BCUT2D eigenvalue weighted by Crippen LogP contribution is 2.31. The third kappa shape index (κ3) is 3.57. The molecule has 0 bridgehead atoms. The van der Waals surface area contributed by atoms with Gasteiger partial charge >= 0.3 is 6.03 Å². The van der Waals surface area contributed by atoms with Crippen LogP contribution in [0.4, 0.5) is 10.5 Å². The summed E-state index contributed by atoms with van der Waals surface area (Å²) in [5.41, 5.74) is 4.05. The Labute approximate surface area is 179 Å². The number of hydrogen-bond acceptors (Lipinski definition) is 4. The van der Waals surface area contributed by atoms with Crippen molar-refractivity contribution < 1.29 is 4.79 Å². The van der Waals surface area contributed by atoms with Crippen LogP contribution in [-0.2, 0) is 0 Å². The summed E-state index contributed by atoms with van der Waals surface area (Å²) in [5.74, 6) is 1.11. The highest BCUT2D eigenvalue weighted by atomic mass is 32.1. The third-order valence-corrected chi connectivity index (χ3v) is 6.72. The second-order valence-electron chi connectivity index (χ2n) is 7.72. The Bertz CT molecular complexity index is 1200. The van der Waals surface area contributed by atoms with E-state index in [1.807, 2.05) is 51.9 Å². The Morgan fingerprint density at radius 1 is 1.17 bits per heavy atom. The number of benzene rings is 1. The van der Waals surface area contributed by atoms with Gasteiger partial charge in [-0.2, -0.15) is 0 Å². The number of nitrogens with one attached hydrogen (secondary N) is 1. The predicted octanol–water partition coefficient (Wildman–Crippen LogP) is 5.18. The van der Waals surface area contributed by atoms with E-state index in [0.717, 1.165) is 42.1 Å². The van der Waals surface area contributed by atoms with Crippen LogP contribution in [0.5, 0.6) is 0 Å². The Kier molecular flexibility index (Phi) is 4.96. The lowest BCUT2D eigenvalue weighted by atomic mass is 9.97. The molecule has 0 aliphatic carbocycles. The third-order valence-electron chi connectivity index (χ3n) is 5.65. The molecule has 1 aliphatic rings. The number of anilines is 1. The predicted molar refractivity (Wildman–Crippen MR) is 120 cm³/mol. The van der Waals surface area contributed by atoms with Crippen LogP contribution in [0.2, 0.25) is 0 Å². The average molecular weight is 418 g/mol. The lowest BCUT2D eigenvalue weighted by Gasteiger charge is -2.32.